The molecule has 1 aromatic rings. The normalized spacial score (nSPS) is 14.4. The molecule has 5 nitrogen and oxygen atoms in total. The third-order valence-corrected chi connectivity index (χ3v) is 3.18. The lowest BCUT2D eigenvalue weighted by atomic mass is 10.1. The van der Waals surface area contributed by atoms with Crippen molar-refractivity contribution in [2.75, 3.05) is 20.4 Å². The molecule has 0 spiro atoms. The lowest BCUT2D eigenvalue weighted by molar-refractivity contribution is -0.145. The standard InChI is InChI=1S/C12H14BrNO4/c1-3-16-12(15)10(14-2)7-4-8(13)11-9(5-7)17-6-18-11/h4-5,10,14H,3,6H2,1-2H3. The second kappa shape index (κ2) is 5.58. The van der Waals surface area contributed by atoms with Crippen LogP contribution in [-0.2, 0) is 9.53 Å². The van der Waals surface area contributed by atoms with E-state index in [4.69, 9.17) is 14.2 Å². The summed E-state index contributed by atoms with van der Waals surface area (Å²) in [6, 6.07) is 3.09. The Morgan fingerprint density at radius 1 is 1.56 bits per heavy atom. The van der Waals surface area contributed by atoms with Crippen LogP contribution in [0.3, 0.4) is 0 Å². The highest BCUT2D eigenvalue weighted by Gasteiger charge is 2.25. The zero-order valence-electron chi connectivity index (χ0n) is 10.2. The van der Waals surface area contributed by atoms with E-state index in [1.54, 1.807) is 20.0 Å². The van der Waals surface area contributed by atoms with Crippen LogP contribution in [0.25, 0.3) is 0 Å². The molecule has 0 aromatic heterocycles. The number of hydrogen-bond donors (Lipinski definition) is 1. The number of benzene rings is 1. The summed E-state index contributed by atoms with van der Waals surface area (Å²) in [5.74, 6) is 0.979. The third kappa shape index (κ3) is 2.44. The first kappa shape index (κ1) is 13.2. The quantitative estimate of drug-likeness (QED) is 0.861. The van der Waals surface area contributed by atoms with Gasteiger partial charge >= 0.3 is 5.97 Å². The Morgan fingerprint density at radius 3 is 3.00 bits per heavy atom. The van der Waals surface area contributed by atoms with Crippen LogP contribution in [0.4, 0.5) is 0 Å². The summed E-state index contributed by atoms with van der Waals surface area (Å²) >= 11 is 3.40. The van der Waals surface area contributed by atoms with Crippen molar-refractivity contribution < 1.29 is 19.0 Å². The smallest absolute Gasteiger partial charge is 0.327 e. The fourth-order valence-corrected chi connectivity index (χ4v) is 2.37. The number of carbonyl (C=O) groups is 1. The number of carbonyl (C=O) groups excluding carboxylic acids is 1. The average Bonchev–Trinajstić information content (AvgIpc) is 2.79. The molecule has 0 bridgehead atoms. The van der Waals surface area contributed by atoms with E-state index in [2.05, 4.69) is 21.2 Å². The summed E-state index contributed by atoms with van der Waals surface area (Å²) in [4.78, 5) is 11.8. The number of nitrogens with one attached hydrogen (secondary N) is 1. The third-order valence-electron chi connectivity index (χ3n) is 2.59. The van der Waals surface area contributed by atoms with Crippen LogP contribution < -0.4 is 14.8 Å². The summed E-state index contributed by atoms with van der Waals surface area (Å²) in [6.07, 6.45) is 0. The van der Waals surface area contributed by atoms with Crippen molar-refractivity contribution in [2.24, 2.45) is 0 Å². The van der Waals surface area contributed by atoms with E-state index in [-0.39, 0.29) is 12.8 Å². The molecule has 0 amide bonds. The number of halogens is 1. The summed E-state index contributed by atoms with van der Waals surface area (Å²) < 4.78 is 16.4. The van der Waals surface area contributed by atoms with Gasteiger partial charge in [0, 0.05) is 0 Å². The van der Waals surface area contributed by atoms with Crippen LogP contribution in [0.15, 0.2) is 16.6 Å². The van der Waals surface area contributed by atoms with Crippen molar-refractivity contribution in [1.82, 2.24) is 5.32 Å². The molecule has 0 aliphatic carbocycles. The second-order valence-corrected chi connectivity index (χ2v) is 4.56. The lowest BCUT2D eigenvalue weighted by Crippen LogP contribution is -2.27. The van der Waals surface area contributed by atoms with Crippen molar-refractivity contribution in [3.05, 3.63) is 22.2 Å². The van der Waals surface area contributed by atoms with Gasteiger partial charge in [-0.25, -0.2) is 4.79 Å². The van der Waals surface area contributed by atoms with Gasteiger partial charge in [-0.1, -0.05) is 0 Å². The maximum absolute atomic E-state index is 11.8. The van der Waals surface area contributed by atoms with Crippen molar-refractivity contribution in [1.29, 1.82) is 0 Å². The summed E-state index contributed by atoms with van der Waals surface area (Å²) in [5, 5.41) is 2.93. The summed E-state index contributed by atoms with van der Waals surface area (Å²) in [7, 11) is 1.71. The number of fused-ring (bicyclic) bond motifs is 1. The number of ether oxygens (including phenoxy) is 3. The minimum atomic E-state index is -0.518. The molecule has 1 aliphatic rings. The molecular weight excluding hydrogens is 302 g/mol. The van der Waals surface area contributed by atoms with Gasteiger partial charge in [-0.05, 0) is 47.6 Å². The summed E-state index contributed by atoms with van der Waals surface area (Å²) in [5.41, 5.74) is 0.770. The van der Waals surface area contributed by atoms with Crippen molar-refractivity contribution in [2.45, 2.75) is 13.0 Å². The number of hydrogen-bond acceptors (Lipinski definition) is 5. The van der Waals surface area contributed by atoms with Gasteiger partial charge in [0.15, 0.2) is 11.5 Å². The average molecular weight is 316 g/mol. The van der Waals surface area contributed by atoms with E-state index in [1.165, 1.54) is 0 Å². The maximum Gasteiger partial charge on any atom is 0.327 e. The Balaban J connectivity index is 2.32. The van der Waals surface area contributed by atoms with Crippen LogP contribution in [0, 0.1) is 0 Å². The molecule has 6 heteroatoms. The molecule has 1 heterocycles. The maximum atomic E-state index is 11.8. The van der Waals surface area contributed by atoms with Crippen molar-refractivity contribution >= 4 is 21.9 Å². The Kier molecular flexibility index (Phi) is 4.08. The molecule has 2 rings (SSSR count). The van der Waals surface area contributed by atoms with E-state index in [0.29, 0.717) is 18.1 Å². The molecule has 1 aromatic carbocycles. The fourth-order valence-electron chi connectivity index (χ4n) is 1.80. The molecule has 1 N–H and O–H groups in total. The monoisotopic (exact) mass is 315 g/mol. The Hall–Kier alpha value is -1.27. The molecule has 98 valence electrons. The zero-order valence-corrected chi connectivity index (χ0v) is 11.7. The number of likely N-dealkylation sites (N-methyl/N-ethyl adjacent to an activating group) is 1. The van der Waals surface area contributed by atoms with Crippen LogP contribution >= 0.6 is 15.9 Å². The SMILES string of the molecule is CCOC(=O)C(NC)c1cc(Br)c2c(c1)OCO2. The van der Waals surface area contributed by atoms with Gasteiger partial charge in [0.25, 0.3) is 0 Å². The van der Waals surface area contributed by atoms with Gasteiger partial charge in [-0.2, -0.15) is 0 Å². The molecule has 1 unspecified atom stereocenters. The van der Waals surface area contributed by atoms with Gasteiger partial charge in [-0.3, -0.25) is 0 Å². The van der Waals surface area contributed by atoms with Gasteiger partial charge in [0.05, 0.1) is 11.1 Å². The van der Waals surface area contributed by atoms with Gasteiger partial charge < -0.3 is 19.5 Å². The molecule has 0 saturated carbocycles. The van der Waals surface area contributed by atoms with Crippen LogP contribution in [-0.4, -0.2) is 26.4 Å². The number of esters is 1. The van der Waals surface area contributed by atoms with E-state index >= 15 is 0 Å². The molecule has 1 aliphatic heterocycles. The van der Waals surface area contributed by atoms with Crippen LogP contribution in [0.5, 0.6) is 11.5 Å². The van der Waals surface area contributed by atoms with E-state index in [0.717, 1.165) is 10.0 Å². The summed E-state index contributed by atoms with van der Waals surface area (Å²) in [6.45, 7) is 2.32. The Labute approximate surface area is 114 Å². The fraction of sp³-hybridized carbons (Fsp3) is 0.417. The van der Waals surface area contributed by atoms with Gasteiger partial charge in [-0.15, -0.1) is 0 Å². The first-order chi connectivity index (χ1) is 8.67. The minimum absolute atomic E-state index is 0.195. The first-order valence-electron chi connectivity index (χ1n) is 5.60. The van der Waals surface area contributed by atoms with Crippen molar-refractivity contribution in [3.63, 3.8) is 0 Å². The van der Waals surface area contributed by atoms with Gasteiger partial charge in [0.1, 0.15) is 6.04 Å². The molecule has 1 atom stereocenters. The van der Waals surface area contributed by atoms with E-state index in [9.17, 15) is 4.79 Å². The first-order valence-corrected chi connectivity index (χ1v) is 6.39. The Morgan fingerprint density at radius 2 is 2.33 bits per heavy atom. The topological polar surface area (TPSA) is 56.8 Å². The highest BCUT2D eigenvalue weighted by Crippen LogP contribution is 2.41. The van der Waals surface area contributed by atoms with Crippen LogP contribution in [0.1, 0.15) is 18.5 Å². The van der Waals surface area contributed by atoms with E-state index < -0.39 is 6.04 Å². The highest BCUT2D eigenvalue weighted by atomic mass is 79.9. The van der Waals surface area contributed by atoms with Crippen LogP contribution in [0.2, 0.25) is 0 Å². The molecule has 0 radical (unpaired) electrons. The molecular formula is C12H14BrNO4. The highest BCUT2D eigenvalue weighted by molar-refractivity contribution is 9.10. The van der Waals surface area contributed by atoms with E-state index in [1.807, 2.05) is 6.07 Å². The molecule has 0 saturated heterocycles. The van der Waals surface area contributed by atoms with Crippen molar-refractivity contribution in [3.8, 4) is 11.5 Å². The second-order valence-electron chi connectivity index (χ2n) is 3.71. The molecule has 0 fully saturated rings. The lowest BCUT2D eigenvalue weighted by Gasteiger charge is -2.16. The Bertz CT molecular complexity index is 464. The minimum Gasteiger partial charge on any atom is -0.465 e. The molecule has 18 heavy (non-hydrogen) atoms. The number of rotatable bonds is 4. The van der Waals surface area contributed by atoms with Gasteiger partial charge in [0.2, 0.25) is 6.79 Å². The predicted octanol–water partition coefficient (Wildman–Crippen LogP) is 2.00. The predicted molar refractivity (Wildman–Crippen MR) is 68.7 cm³/mol. The largest absolute Gasteiger partial charge is 0.465 e. The zero-order chi connectivity index (χ0) is 13.1.